The molecule has 0 spiro atoms. The van der Waals surface area contributed by atoms with Crippen molar-refractivity contribution >= 4 is 10.0 Å². The number of hydrogen-bond donors (Lipinski definition) is 2. The molecule has 4 nitrogen and oxygen atoms in total. The number of hydrogen-bond acceptors (Lipinski definition) is 3. The van der Waals surface area contributed by atoms with Crippen LogP contribution in [0.5, 0.6) is 0 Å². The van der Waals surface area contributed by atoms with Crippen molar-refractivity contribution < 1.29 is 13.5 Å². The van der Waals surface area contributed by atoms with Crippen LogP contribution in [0.25, 0.3) is 0 Å². The van der Waals surface area contributed by atoms with Gasteiger partial charge in [-0.2, -0.15) is 0 Å². The zero-order valence-electron chi connectivity index (χ0n) is 5.40. The van der Waals surface area contributed by atoms with Crippen molar-refractivity contribution in [3.8, 4) is 0 Å². The predicted molar refractivity (Wildman–Crippen MR) is 34.2 cm³/mol. The maximum Gasteiger partial charge on any atom is 0.214 e. The molecule has 0 unspecified atom stereocenters. The van der Waals surface area contributed by atoms with Crippen molar-refractivity contribution in [1.82, 2.24) is 0 Å². The Kier molecular flexibility index (Phi) is 2.60. The van der Waals surface area contributed by atoms with Crippen LogP contribution in [0.2, 0.25) is 0 Å². The van der Waals surface area contributed by atoms with Gasteiger partial charge in [-0.25, -0.2) is 13.6 Å². The Morgan fingerprint density at radius 2 is 1.78 bits per heavy atom. The van der Waals surface area contributed by atoms with Crippen LogP contribution in [-0.4, -0.2) is 24.9 Å². The molecule has 0 amide bonds. The van der Waals surface area contributed by atoms with Crippen molar-refractivity contribution in [2.45, 2.75) is 25.2 Å². The van der Waals surface area contributed by atoms with Gasteiger partial charge in [0.15, 0.2) is 0 Å². The first-order valence-corrected chi connectivity index (χ1v) is 4.16. The molecular weight excluding hydrogens is 142 g/mol. The van der Waals surface area contributed by atoms with Gasteiger partial charge in [-0.1, -0.05) is 0 Å². The Hall–Kier alpha value is -0.130. The zero-order chi connectivity index (χ0) is 7.65. The lowest BCUT2D eigenvalue weighted by Gasteiger charge is -2.10. The summed E-state index contributed by atoms with van der Waals surface area (Å²) in [5, 5.41) is 12.5. The van der Waals surface area contributed by atoms with E-state index in [0.717, 1.165) is 0 Å². The van der Waals surface area contributed by atoms with Crippen LogP contribution >= 0.6 is 0 Å². The number of sulfonamides is 1. The predicted octanol–water partition coefficient (Wildman–Crippen LogP) is -0.956. The van der Waals surface area contributed by atoms with Gasteiger partial charge in [0.1, 0.15) is 0 Å². The molecule has 0 heterocycles. The van der Waals surface area contributed by atoms with Gasteiger partial charge >= 0.3 is 0 Å². The molecule has 0 aromatic rings. The fourth-order valence-electron chi connectivity index (χ4n) is 0.275. The van der Waals surface area contributed by atoms with Gasteiger partial charge in [0.25, 0.3) is 0 Å². The van der Waals surface area contributed by atoms with Gasteiger partial charge < -0.3 is 5.11 Å². The molecule has 0 aliphatic rings. The van der Waals surface area contributed by atoms with Gasteiger partial charge in [-0.05, 0) is 13.8 Å². The van der Waals surface area contributed by atoms with E-state index in [2.05, 4.69) is 0 Å². The molecule has 0 aromatic heterocycles. The standard InChI is InChI=1S/C4H11NO3S/c1-3(6)4(2)9(5,7)8/h3-4,6H,1-2H3,(H2,5,7,8)/t3-,4-/m0/s1. The highest BCUT2D eigenvalue weighted by atomic mass is 32.2. The Labute approximate surface area is 54.7 Å². The molecule has 5 heteroatoms. The normalized spacial score (nSPS) is 19.1. The lowest BCUT2D eigenvalue weighted by Crippen LogP contribution is -2.34. The number of aliphatic hydroxyl groups excluding tert-OH is 1. The van der Waals surface area contributed by atoms with Crippen LogP contribution < -0.4 is 5.14 Å². The van der Waals surface area contributed by atoms with E-state index in [0.29, 0.717) is 0 Å². The van der Waals surface area contributed by atoms with E-state index in [1.807, 2.05) is 0 Å². The van der Waals surface area contributed by atoms with Crippen molar-refractivity contribution in [1.29, 1.82) is 0 Å². The molecule has 0 saturated carbocycles. The third kappa shape index (κ3) is 2.78. The molecule has 0 saturated heterocycles. The highest BCUT2D eigenvalue weighted by Gasteiger charge is 2.20. The third-order valence-electron chi connectivity index (χ3n) is 1.20. The summed E-state index contributed by atoms with van der Waals surface area (Å²) < 4.78 is 20.8. The Balaban J connectivity index is 4.24. The molecule has 0 bridgehead atoms. The molecule has 0 aliphatic heterocycles. The molecule has 0 fully saturated rings. The minimum absolute atomic E-state index is 0.877. The molecule has 0 rings (SSSR count). The van der Waals surface area contributed by atoms with E-state index in [4.69, 9.17) is 10.2 Å². The van der Waals surface area contributed by atoms with E-state index in [1.165, 1.54) is 13.8 Å². The van der Waals surface area contributed by atoms with Crippen molar-refractivity contribution in [3.63, 3.8) is 0 Å². The molecule has 0 aromatic carbocycles. The summed E-state index contributed by atoms with van der Waals surface area (Å²) in [5.74, 6) is 0. The highest BCUT2D eigenvalue weighted by molar-refractivity contribution is 7.89. The number of primary sulfonamides is 1. The topological polar surface area (TPSA) is 80.4 Å². The van der Waals surface area contributed by atoms with E-state index >= 15 is 0 Å². The summed E-state index contributed by atoms with van der Waals surface area (Å²) in [4.78, 5) is 0. The van der Waals surface area contributed by atoms with Crippen LogP contribution in [0.1, 0.15) is 13.8 Å². The molecule has 56 valence electrons. The molecule has 9 heavy (non-hydrogen) atoms. The van der Waals surface area contributed by atoms with E-state index in [1.54, 1.807) is 0 Å². The molecule has 0 radical (unpaired) electrons. The van der Waals surface area contributed by atoms with Gasteiger partial charge in [-0.15, -0.1) is 0 Å². The number of nitrogens with two attached hydrogens (primary N) is 1. The second-order valence-corrected chi connectivity index (χ2v) is 3.96. The van der Waals surface area contributed by atoms with Crippen LogP contribution in [0.4, 0.5) is 0 Å². The van der Waals surface area contributed by atoms with Crippen molar-refractivity contribution in [2.75, 3.05) is 0 Å². The largest absolute Gasteiger partial charge is 0.392 e. The maximum atomic E-state index is 10.4. The first-order chi connectivity index (χ1) is 3.85. The number of rotatable bonds is 2. The molecule has 2 atom stereocenters. The van der Waals surface area contributed by atoms with Crippen LogP contribution in [0, 0.1) is 0 Å². The van der Waals surface area contributed by atoms with Crippen molar-refractivity contribution in [2.24, 2.45) is 5.14 Å². The fraction of sp³-hybridized carbons (Fsp3) is 1.00. The Bertz CT molecular complexity index is 172. The maximum absolute atomic E-state index is 10.4. The second kappa shape index (κ2) is 2.64. The van der Waals surface area contributed by atoms with Crippen LogP contribution in [-0.2, 0) is 10.0 Å². The van der Waals surface area contributed by atoms with E-state index in [9.17, 15) is 8.42 Å². The SMILES string of the molecule is C[C@H](O)[C@H](C)S(N)(=O)=O. The lowest BCUT2D eigenvalue weighted by atomic mass is 10.3. The summed E-state index contributed by atoms with van der Waals surface area (Å²) in [5.41, 5.74) is 0. The lowest BCUT2D eigenvalue weighted by molar-refractivity contribution is 0.193. The molecule has 3 N–H and O–H groups in total. The van der Waals surface area contributed by atoms with Gasteiger partial charge in [0.05, 0.1) is 11.4 Å². The fourth-order valence-corrected chi connectivity index (χ4v) is 0.824. The zero-order valence-corrected chi connectivity index (χ0v) is 6.22. The minimum atomic E-state index is -3.55. The average molecular weight is 153 g/mol. The summed E-state index contributed by atoms with van der Waals surface area (Å²) in [6.45, 7) is 2.75. The number of aliphatic hydroxyl groups is 1. The summed E-state index contributed by atoms with van der Waals surface area (Å²) in [6.07, 6.45) is -0.903. The summed E-state index contributed by atoms with van der Waals surface area (Å²) in [6, 6.07) is 0. The van der Waals surface area contributed by atoms with Crippen LogP contribution in [0.3, 0.4) is 0 Å². The molecule has 0 aliphatic carbocycles. The second-order valence-electron chi connectivity index (χ2n) is 2.03. The highest BCUT2D eigenvalue weighted by Crippen LogP contribution is 1.99. The van der Waals surface area contributed by atoms with Crippen molar-refractivity contribution in [3.05, 3.63) is 0 Å². The smallest absolute Gasteiger partial charge is 0.214 e. The Morgan fingerprint density at radius 3 is 1.78 bits per heavy atom. The van der Waals surface area contributed by atoms with Gasteiger partial charge in [-0.3, -0.25) is 0 Å². The third-order valence-corrected chi connectivity index (χ3v) is 2.63. The first-order valence-electron chi connectivity index (χ1n) is 2.55. The van der Waals surface area contributed by atoms with Gasteiger partial charge in [0, 0.05) is 0 Å². The average Bonchev–Trinajstić information content (AvgIpc) is 1.62. The van der Waals surface area contributed by atoms with Gasteiger partial charge in [0.2, 0.25) is 10.0 Å². The van der Waals surface area contributed by atoms with Crippen LogP contribution in [0.15, 0.2) is 0 Å². The monoisotopic (exact) mass is 153 g/mol. The first kappa shape index (κ1) is 8.87. The summed E-state index contributed by atoms with van der Waals surface area (Å²) in [7, 11) is -3.55. The Morgan fingerprint density at radius 1 is 1.44 bits per heavy atom. The minimum Gasteiger partial charge on any atom is -0.392 e. The summed E-state index contributed by atoms with van der Waals surface area (Å²) >= 11 is 0. The quantitative estimate of drug-likeness (QED) is 0.536. The van der Waals surface area contributed by atoms with E-state index < -0.39 is 21.4 Å². The van der Waals surface area contributed by atoms with E-state index in [-0.39, 0.29) is 0 Å². The molecular formula is C4H11NO3S.